The molecular formula is C22H20N2O4. The highest BCUT2D eigenvalue weighted by Gasteiger charge is 2.10. The van der Waals surface area contributed by atoms with Gasteiger partial charge < -0.3 is 20.5 Å². The highest BCUT2D eigenvalue weighted by Crippen LogP contribution is 2.17. The number of carbonyl (C=O) groups is 2. The van der Waals surface area contributed by atoms with Crippen molar-refractivity contribution in [1.82, 2.24) is 0 Å². The lowest BCUT2D eigenvalue weighted by molar-refractivity contribution is -0.119. The maximum Gasteiger partial charge on any atom is 0.338 e. The molecule has 3 N–H and O–H groups in total. The van der Waals surface area contributed by atoms with Gasteiger partial charge in [-0.05, 0) is 54.1 Å². The van der Waals surface area contributed by atoms with Gasteiger partial charge >= 0.3 is 5.97 Å². The summed E-state index contributed by atoms with van der Waals surface area (Å²) in [5, 5.41) is 2.67. The van der Waals surface area contributed by atoms with Crippen LogP contribution in [0.5, 0.6) is 5.75 Å². The average molecular weight is 376 g/mol. The van der Waals surface area contributed by atoms with Crippen LogP contribution in [-0.4, -0.2) is 18.5 Å². The molecule has 0 saturated heterocycles. The molecule has 6 heteroatoms. The predicted molar refractivity (Wildman–Crippen MR) is 107 cm³/mol. The molecule has 0 spiro atoms. The summed E-state index contributed by atoms with van der Waals surface area (Å²) in [6.07, 6.45) is 0. The van der Waals surface area contributed by atoms with Gasteiger partial charge in [-0.25, -0.2) is 4.79 Å². The fraction of sp³-hybridized carbons (Fsp3) is 0.0909. The molecule has 0 radical (unpaired) electrons. The van der Waals surface area contributed by atoms with Crippen LogP contribution >= 0.6 is 0 Å². The minimum atomic E-state index is -0.584. The molecule has 0 aromatic heterocycles. The number of esters is 1. The first-order valence-corrected chi connectivity index (χ1v) is 8.69. The Labute approximate surface area is 162 Å². The van der Waals surface area contributed by atoms with E-state index >= 15 is 0 Å². The van der Waals surface area contributed by atoms with Crippen LogP contribution in [-0.2, 0) is 16.1 Å². The fourth-order valence-electron chi connectivity index (χ4n) is 2.41. The molecule has 0 saturated carbocycles. The summed E-state index contributed by atoms with van der Waals surface area (Å²) in [6.45, 7) is 0.0864. The zero-order chi connectivity index (χ0) is 19.8. The Kier molecular flexibility index (Phi) is 6.25. The van der Waals surface area contributed by atoms with E-state index < -0.39 is 11.9 Å². The van der Waals surface area contributed by atoms with Crippen LogP contribution in [0.1, 0.15) is 15.9 Å². The molecule has 0 atom stereocenters. The second-order valence-electron chi connectivity index (χ2n) is 6.04. The number of benzene rings is 3. The molecule has 0 heterocycles. The summed E-state index contributed by atoms with van der Waals surface area (Å²) < 4.78 is 10.7. The van der Waals surface area contributed by atoms with Gasteiger partial charge in [0.05, 0.1) is 5.56 Å². The van der Waals surface area contributed by atoms with Gasteiger partial charge in [0.1, 0.15) is 12.4 Å². The minimum absolute atomic E-state index is 0.335. The molecule has 0 bridgehead atoms. The van der Waals surface area contributed by atoms with Crippen LogP contribution < -0.4 is 15.8 Å². The molecule has 3 aromatic carbocycles. The highest BCUT2D eigenvalue weighted by atomic mass is 16.5. The van der Waals surface area contributed by atoms with Crippen LogP contribution in [0.4, 0.5) is 11.4 Å². The van der Waals surface area contributed by atoms with E-state index in [0.717, 1.165) is 5.56 Å². The summed E-state index contributed by atoms with van der Waals surface area (Å²) in [5.41, 5.74) is 8.11. The highest BCUT2D eigenvalue weighted by molar-refractivity contribution is 5.95. The van der Waals surface area contributed by atoms with Gasteiger partial charge in [0, 0.05) is 11.4 Å². The van der Waals surface area contributed by atoms with Crippen LogP contribution in [0.2, 0.25) is 0 Å². The van der Waals surface area contributed by atoms with E-state index in [0.29, 0.717) is 29.3 Å². The Morgan fingerprint density at radius 2 is 1.54 bits per heavy atom. The Morgan fingerprint density at radius 1 is 0.857 bits per heavy atom. The van der Waals surface area contributed by atoms with E-state index in [1.165, 1.54) is 0 Å². The number of nitrogens with one attached hydrogen (secondary N) is 1. The Balaban J connectivity index is 1.45. The second-order valence-corrected chi connectivity index (χ2v) is 6.04. The summed E-state index contributed by atoms with van der Waals surface area (Å²) >= 11 is 0. The quantitative estimate of drug-likeness (QED) is 0.485. The van der Waals surface area contributed by atoms with Crippen molar-refractivity contribution in [2.45, 2.75) is 6.61 Å². The van der Waals surface area contributed by atoms with E-state index in [4.69, 9.17) is 15.2 Å². The zero-order valence-electron chi connectivity index (χ0n) is 15.1. The van der Waals surface area contributed by atoms with Crippen molar-refractivity contribution in [3.8, 4) is 5.75 Å². The van der Waals surface area contributed by atoms with Crippen molar-refractivity contribution < 1.29 is 19.1 Å². The Morgan fingerprint density at radius 3 is 2.21 bits per heavy atom. The van der Waals surface area contributed by atoms with E-state index in [1.807, 2.05) is 30.3 Å². The first kappa shape index (κ1) is 19.0. The maximum absolute atomic E-state index is 12.0. The number of amides is 1. The molecule has 0 fully saturated rings. The third-order valence-corrected chi connectivity index (χ3v) is 3.87. The normalized spacial score (nSPS) is 10.1. The van der Waals surface area contributed by atoms with Gasteiger partial charge in [-0.2, -0.15) is 0 Å². The van der Waals surface area contributed by atoms with Crippen molar-refractivity contribution in [1.29, 1.82) is 0 Å². The smallest absolute Gasteiger partial charge is 0.338 e. The zero-order valence-corrected chi connectivity index (χ0v) is 15.1. The third-order valence-electron chi connectivity index (χ3n) is 3.87. The Bertz CT molecular complexity index is 923. The first-order chi connectivity index (χ1) is 13.6. The monoisotopic (exact) mass is 376 g/mol. The van der Waals surface area contributed by atoms with Crippen molar-refractivity contribution in [3.63, 3.8) is 0 Å². The summed E-state index contributed by atoms with van der Waals surface area (Å²) in [6, 6.07) is 23.1. The first-order valence-electron chi connectivity index (χ1n) is 8.69. The largest absolute Gasteiger partial charge is 0.489 e. The van der Waals surface area contributed by atoms with Gasteiger partial charge in [0.15, 0.2) is 6.61 Å². The van der Waals surface area contributed by atoms with Crippen LogP contribution in [0.25, 0.3) is 0 Å². The molecule has 0 aliphatic rings. The summed E-state index contributed by atoms with van der Waals surface area (Å²) in [7, 11) is 0. The SMILES string of the molecule is Nc1ccc(C(=O)OCC(=O)Nc2ccc(OCc3ccccc3)cc2)cc1. The van der Waals surface area contributed by atoms with Crippen molar-refractivity contribution in [2.24, 2.45) is 0 Å². The molecule has 0 aliphatic carbocycles. The number of carbonyl (C=O) groups excluding carboxylic acids is 2. The molecule has 3 rings (SSSR count). The van der Waals surface area contributed by atoms with Crippen LogP contribution in [0.15, 0.2) is 78.9 Å². The van der Waals surface area contributed by atoms with Crippen molar-refractivity contribution >= 4 is 23.3 Å². The van der Waals surface area contributed by atoms with E-state index in [-0.39, 0.29) is 6.61 Å². The lowest BCUT2D eigenvalue weighted by atomic mass is 10.2. The molecule has 0 unspecified atom stereocenters. The van der Waals surface area contributed by atoms with E-state index in [9.17, 15) is 9.59 Å². The molecule has 6 nitrogen and oxygen atoms in total. The number of nitrogen functional groups attached to an aromatic ring is 1. The molecule has 0 aliphatic heterocycles. The molecule has 1 amide bonds. The average Bonchev–Trinajstić information content (AvgIpc) is 2.73. The lowest BCUT2D eigenvalue weighted by Crippen LogP contribution is -2.20. The molecule has 142 valence electrons. The number of ether oxygens (including phenoxy) is 2. The number of hydrogen-bond acceptors (Lipinski definition) is 5. The number of anilines is 2. The minimum Gasteiger partial charge on any atom is -0.489 e. The van der Waals surface area contributed by atoms with E-state index in [2.05, 4.69) is 5.32 Å². The van der Waals surface area contributed by atoms with Crippen LogP contribution in [0, 0.1) is 0 Å². The molecule has 3 aromatic rings. The molecular weight excluding hydrogens is 356 g/mol. The summed E-state index contributed by atoms with van der Waals surface area (Å²) in [4.78, 5) is 23.8. The summed E-state index contributed by atoms with van der Waals surface area (Å²) in [5.74, 6) is -0.321. The second kappa shape index (κ2) is 9.23. The topological polar surface area (TPSA) is 90.7 Å². The Hall–Kier alpha value is -3.80. The molecule has 28 heavy (non-hydrogen) atoms. The van der Waals surface area contributed by atoms with Gasteiger partial charge in [0.25, 0.3) is 5.91 Å². The van der Waals surface area contributed by atoms with Crippen LogP contribution in [0.3, 0.4) is 0 Å². The maximum atomic E-state index is 12.0. The van der Waals surface area contributed by atoms with Crippen molar-refractivity contribution in [3.05, 3.63) is 90.0 Å². The lowest BCUT2D eigenvalue weighted by Gasteiger charge is -2.09. The number of hydrogen-bond donors (Lipinski definition) is 2. The number of rotatable bonds is 7. The van der Waals surface area contributed by atoms with Gasteiger partial charge in [-0.3, -0.25) is 4.79 Å². The standard InChI is InChI=1S/C22H20N2O4/c23-18-8-6-17(7-9-18)22(26)28-15-21(25)24-19-10-12-20(13-11-19)27-14-16-4-2-1-3-5-16/h1-13H,14-15,23H2,(H,24,25). The van der Waals surface area contributed by atoms with Gasteiger partial charge in [-0.15, -0.1) is 0 Å². The van der Waals surface area contributed by atoms with E-state index in [1.54, 1.807) is 48.5 Å². The van der Waals surface area contributed by atoms with Crippen molar-refractivity contribution in [2.75, 3.05) is 17.7 Å². The number of nitrogens with two attached hydrogens (primary N) is 1. The van der Waals surface area contributed by atoms with Gasteiger partial charge in [-0.1, -0.05) is 30.3 Å². The van der Waals surface area contributed by atoms with Gasteiger partial charge in [0.2, 0.25) is 0 Å². The third kappa shape index (κ3) is 5.60. The predicted octanol–water partition coefficient (Wildman–Crippen LogP) is 3.64. The fourth-order valence-corrected chi connectivity index (χ4v) is 2.41.